The third-order valence-electron chi connectivity index (χ3n) is 3.07. The van der Waals surface area contributed by atoms with Crippen LogP contribution in [0.4, 0.5) is 0 Å². The van der Waals surface area contributed by atoms with Crippen molar-refractivity contribution in [1.82, 2.24) is 25.3 Å². The summed E-state index contributed by atoms with van der Waals surface area (Å²) in [5.41, 5.74) is 0.515. The highest BCUT2D eigenvalue weighted by molar-refractivity contribution is 5.93. The second kappa shape index (κ2) is 5.33. The van der Waals surface area contributed by atoms with Gasteiger partial charge in [-0.1, -0.05) is 0 Å². The number of hydrogen-bond acceptors (Lipinski definition) is 5. The lowest BCUT2D eigenvalue weighted by Gasteiger charge is -2.19. The molecule has 106 valence electrons. The van der Waals surface area contributed by atoms with E-state index in [4.69, 9.17) is 9.47 Å². The van der Waals surface area contributed by atoms with Crippen LogP contribution in [0.15, 0.2) is 24.8 Å². The van der Waals surface area contributed by atoms with E-state index in [1.165, 1.54) is 6.20 Å². The first-order valence-corrected chi connectivity index (χ1v) is 6.25. The van der Waals surface area contributed by atoms with Gasteiger partial charge in [-0.3, -0.25) is 14.6 Å². The number of aryl methyl sites for hydroxylation is 1. The van der Waals surface area contributed by atoms with Gasteiger partial charge in [-0.15, -0.1) is 0 Å². The highest BCUT2D eigenvalue weighted by Crippen LogP contribution is 2.15. The second-order valence-electron chi connectivity index (χ2n) is 4.61. The van der Waals surface area contributed by atoms with Crippen LogP contribution in [0.5, 0.6) is 5.75 Å². The van der Waals surface area contributed by atoms with Crippen LogP contribution in [-0.2, 0) is 11.8 Å². The van der Waals surface area contributed by atoms with Gasteiger partial charge in [0.05, 0.1) is 43.4 Å². The smallest absolute Gasteiger partial charge is 0.254 e. The Balaban J connectivity index is 1.62. The molecule has 1 fully saturated rings. The van der Waals surface area contributed by atoms with Gasteiger partial charge in [0.25, 0.3) is 5.91 Å². The average Bonchev–Trinajstić information content (AvgIpc) is 3.13. The van der Waals surface area contributed by atoms with E-state index in [9.17, 15) is 4.79 Å². The van der Waals surface area contributed by atoms with E-state index >= 15 is 0 Å². The second-order valence-corrected chi connectivity index (χ2v) is 4.61. The number of hydrogen-bond donors (Lipinski definition) is 2. The number of carbonyl (C=O) groups is 1. The summed E-state index contributed by atoms with van der Waals surface area (Å²) in [5, 5.41) is 13.4. The number of aromatic nitrogens is 4. The summed E-state index contributed by atoms with van der Waals surface area (Å²) in [7, 11) is 1.76. The van der Waals surface area contributed by atoms with Gasteiger partial charge in [-0.25, -0.2) is 0 Å². The molecule has 0 aromatic carbocycles. The predicted molar refractivity (Wildman–Crippen MR) is 68.3 cm³/mol. The van der Waals surface area contributed by atoms with Crippen LogP contribution in [-0.4, -0.2) is 51.2 Å². The van der Waals surface area contributed by atoms with E-state index in [0.29, 0.717) is 24.5 Å². The van der Waals surface area contributed by atoms with Gasteiger partial charge in [0, 0.05) is 13.2 Å². The molecule has 0 radical (unpaired) electrons. The van der Waals surface area contributed by atoms with Crippen molar-refractivity contribution in [2.45, 2.75) is 12.1 Å². The van der Waals surface area contributed by atoms with Crippen molar-refractivity contribution in [3.8, 4) is 5.75 Å². The SMILES string of the molecule is Cn1cc(C(=O)N[C@H]2COC[C@H]2Oc2cn[nH]c2)cn1. The van der Waals surface area contributed by atoms with E-state index in [1.54, 1.807) is 30.3 Å². The molecule has 0 saturated carbocycles. The fourth-order valence-corrected chi connectivity index (χ4v) is 2.05. The summed E-state index contributed by atoms with van der Waals surface area (Å²) >= 11 is 0. The minimum atomic E-state index is -0.228. The number of amides is 1. The number of nitrogens with zero attached hydrogens (tertiary/aromatic N) is 3. The monoisotopic (exact) mass is 277 g/mol. The molecule has 3 rings (SSSR count). The van der Waals surface area contributed by atoms with Gasteiger partial charge in [0.15, 0.2) is 5.75 Å². The summed E-state index contributed by atoms with van der Waals surface area (Å²) in [6.45, 7) is 0.859. The van der Waals surface area contributed by atoms with Crippen LogP contribution in [0, 0.1) is 0 Å². The zero-order chi connectivity index (χ0) is 13.9. The molecule has 8 nitrogen and oxygen atoms in total. The van der Waals surface area contributed by atoms with Crippen molar-refractivity contribution in [3.63, 3.8) is 0 Å². The summed E-state index contributed by atoms with van der Waals surface area (Å²) < 4.78 is 12.7. The first-order valence-electron chi connectivity index (χ1n) is 6.25. The Labute approximate surface area is 115 Å². The fourth-order valence-electron chi connectivity index (χ4n) is 2.05. The molecular weight excluding hydrogens is 262 g/mol. The molecule has 1 aliphatic rings. The summed E-state index contributed by atoms with van der Waals surface area (Å²) in [6, 6.07) is -0.197. The minimum absolute atomic E-state index is 0.186. The number of ether oxygens (including phenoxy) is 2. The van der Waals surface area contributed by atoms with Crippen LogP contribution >= 0.6 is 0 Å². The Hall–Kier alpha value is -2.35. The van der Waals surface area contributed by atoms with E-state index in [-0.39, 0.29) is 18.1 Å². The fraction of sp³-hybridized carbons (Fsp3) is 0.417. The molecule has 1 amide bonds. The zero-order valence-corrected chi connectivity index (χ0v) is 10.9. The maximum Gasteiger partial charge on any atom is 0.254 e. The quantitative estimate of drug-likeness (QED) is 0.801. The summed E-state index contributed by atoms with van der Waals surface area (Å²) in [5.74, 6) is 0.440. The standard InChI is InChI=1S/C12H15N5O3/c1-17-5-8(2-15-17)12(18)16-10-6-19-7-11(10)20-9-3-13-14-4-9/h2-5,10-11H,6-7H2,1H3,(H,13,14)(H,16,18)/t10-,11+/m0/s1. The molecule has 20 heavy (non-hydrogen) atoms. The molecule has 1 aliphatic heterocycles. The molecular formula is C12H15N5O3. The summed E-state index contributed by atoms with van der Waals surface area (Å²) in [6.07, 6.45) is 6.19. The van der Waals surface area contributed by atoms with E-state index in [0.717, 1.165) is 0 Å². The topological polar surface area (TPSA) is 94.1 Å². The Kier molecular flexibility index (Phi) is 3.38. The molecule has 0 unspecified atom stereocenters. The van der Waals surface area contributed by atoms with Crippen molar-refractivity contribution in [2.24, 2.45) is 7.05 Å². The molecule has 1 saturated heterocycles. The lowest BCUT2D eigenvalue weighted by atomic mass is 10.2. The normalized spacial score (nSPS) is 21.9. The largest absolute Gasteiger partial charge is 0.482 e. The third kappa shape index (κ3) is 2.64. The molecule has 2 aromatic heterocycles. The first kappa shape index (κ1) is 12.7. The van der Waals surface area contributed by atoms with E-state index in [1.807, 2.05) is 0 Å². The van der Waals surface area contributed by atoms with Crippen LogP contribution in [0.3, 0.4) is 0 Å². The van der Waals surface area contributed by atoms with Crippen molar-refractivity contribution in [2.75, 3.05) is 13.2 Å². The zero-order valence-electron chi connectivity index (χ0n) is 10.9. The molecule has 3 heterocycles. The van der Waals surface area contributed by atoms with Crippen molar-refractivity contribution in [1.29, 1.82) is 0 Å². The molecule has 2 aromatic rings. The number of nitrogens with one attached hydrogen (secondary N) is 2. The number of H-pyrrole nitrogens is 1. The predicted octanol–water partition coefficient (Wildman–Crippen LogP) is -0.281. The van der Waals surface area contributed by atoms with Crippen molar-refractivity contribution >= 4 is 5.91 Å². The highest BCUT2D eigenvalue weighted by atomic mass is 16.5. The maximum atomic E-state index is 12.1. The van der Waals surface area contributed by atoms with Gasteiger partial charge in [-0.2, -0.15) is 10.2 Å². The van der Waals surface area contributed by atoms with Gasteiger partial charge >= 0.3 is 0 Å². The van der Waals surface area contributed by atoms with Crippen LogP contribution < -0.4 is 10.1 Å². The van der Waals surface area contributed by atoms with Gasteiger partial charge < -0.3 is 14.8 Å². The molecule has 2 N–H and O–H groups in total. The van der Waals surface area contributed by atoms with Gasteiger partial charge in [0.1, 0.15) is 6.10 Å². The Morgan fingerprint density at radius 1 is 1.55 bits per heavy atom. The molecule has 0 aliphatic carbocycles. The highest BCUT2D eigenvalue weighted by Gasteiger charge is 2.32. The van der Waals surface area contributed by atoms with Crippen LogP contribution in [0.2, 0.25) is 0 Å². The first-order chi connectivity index (χ1) is 9.72. The molecule has 0 bridgehead atoms. The summed E-state index contributed by atoms with van der Waals surface area (Å²) in [4.78, 5) is 12.1. The Morgan fingerprint density at radius 3 is 3.15 bits per heavy atom. The third-order valence-corrected chi connectivity index (χ3v) is 3.07. The Morgan fingerprint density at radius 2 is 2.45 bits per heavy atom. The number of carbonyl (C=O) groups excluding carboxylic acids is 1. The average molecular weight is 277 g/mol. The molecule has 8 heteroatoms. The van der Waals surface area contributed by atoms with Crippen LogP contribution in [0.1, 0.15) is 10.4 Å². The van der Waals surface area contributed by atoms with Crippen molar-refractivity contribution in [3.05, 3.63) is 30.4 Å². The molecule has 0 spiro atoms. The van der Waals surface area contributed by atoms with Crippen molar-refractivity contribution < 1.29 is 14.3 Å². The number of rotatable bonds is 4. The Bertz CT molecular complexity index is 580. The lowest BCUT2D eigenvalue weighted by Crippen LogP contribution is -2.45. The minimum Gasteiger partial charge on any atom is -0.482 e. The lowest BCUT2D eigenvalue weighted by molar-refractivity contribution is 0.0904. The maximum absolute atomic E-state index is 12.1. The van der Waals surface area contributed by atoms with Gasteiger partial charge in [0.2, 0.25) is 0 Å². The van der Waals surface area contributed by atoms with E-state index in [2.05, 4.69) is 20.6 Å². The van der Waals surface area contributed by atoms with Crippen LogP contribution in [0.25, 0.3) is 0 Å². The van der Waals surface area contributed by atoms with E-state index < -0.39 is 0 Å². The number of aromatic amines is 1. The molecule has 2 atom stereocenters. The van der Waals surface area contributed by atoms with Gasteiger partial charge in [-0.05, 0) is 0 Å².